The third kappa shape index (κ3) is 9.24. The number of ether oxygens (including phenoxy) is 2. The van der Waals surface area contributed by atoms with E-state index < -0.39 is 21.4 Å². The summed E-state index contributed by atoms with van der Waals surface area (Å²) >= 11 is 0. The highest BCUT2D eigenvalue weighted by Gasteiger charge is 2.25. The number of carbonyl (C=O) groups is 2. The fourth-order valence-corrected chi connectivity index (χ4v) is 3.93. The van der Waals surface area contributed by atoms with Crippen LogP contribution in [0, 0.1) is 11.3 Å². The van der Waals surface area contributed by atoms with E-state index in [2.05, 4.69) is 10.0 Å². The van der Waals surface area contributed by atoms with Crippen molar-refractivity contribution in [3.8, 4) is 5.75 Å². The fraction of sp³-hybridized carbons (Fsp3) is 0.462. The molecular weight excluding hydrogens is 468 g/mol. The molecule has 2 aromatic carbocycles. The molecule has 0 aliphatic heterocycles. The van der Waals surface area contributed by atoms with Gasteiger partial charge in [0.1, 0.15) is 5.75 Å². The molecule has 35 heavy (non-hydrogen) atoms. The van der Waals surface area contributed by atoms with Gasteiger partial charge < -0.3 is 14.8 Å². The van der Waals surface area contributed by atoms with Crippen molar-refractivity contribution in [1.29, 1.82) is 0 Å². The standard InChI is InChI=1S/C26H36N2O6S/c1-18(21-12-13-22(23(15-21)33-5)28-35(6,31)32)24(29)27-16-20(14-19-10-8-7-9-11-19)17-34-25(30)26(2,3)4/h7-13,15,18,20,28H,14,16-17H2,1-6H3,(H,27,29). The zero-order valence-electron chi connectivity index (χ0n) is 21.3. The average Bonchev–Trinajstić information content (AvgIpc) is 2.79. The van der Waals surface area contributed by atoms with Gasteiger partial charge in [0.05, 0.1) is 37.0 Å². The third-order valence-electron chi connectivity index (χ3n) is 5.41. The number of methoxy groups -OCH3 is 1. The van der Waals surface area contributed by atoms with Gasteiger partial charge in [0.2, 0.25) is 15.9 Å². The van der Waals surface area contributed by atoms with E-state index in [0.29, 0.717) is 30.0 Å². The lowest BCUT2D eigenvalue weighted by Crippen LogP contribution is -2.36. The molecule has 0 bridgehead atoms. The zero-order chi connectivity index (χ0) is 26.2. The van der Waals surface area contributed by atoms with Crippen molar-refractivity contribution in [3.63, 3.8) is 0 Å². The maximum Gasteiger partial charge on any atom is 0.311 e. The smallest absolute Gasteiger partial charge is 0.311 e. The Bertz CT molecular complexity index is 1110. The molecule has 0 saturated carbocycles. The van der Waals surface area contributed by atoms with Crippen LogP contribution in [0.4, 0.5) is 5.69 Å². The topological polar surface area (TPSA) is 111 Å². The summed E-state index contributed by atoms with van der Waals surface area (Å²) in [5.41, 5.74) is 1.46. The first-order chi connectivity index (χ1) is 16.3. The molecule has 0 fully saturated rings. The van der Waals surface area contributed by atoms with Gasteiger partial charge in [0, 0.05) is 12.5 Å². The summed E-state index contributed by atoms with van der Waals surface area (Å²) < 4.78 is 36.4. The van der Waals surface area contributed by atoms with E-state index in [1.165, 1.54) is 7.11 Å². The van der Waals surface area contributed by atoms with Gasteiger partial charge in [-0.25, -0.2) is 8.42 Å². The van der Waals surface area contributed by atoms with Crippen molar-refractivity contribution in [1.82, 2.24) is 5.32 Å². The molecule has 2 atom stereocenters. The molecule has 2 unspecified atom stereocenters. The van der Waals surface area contributed by atoms with Crippen LogP contribution in [0.2, 0.25) is 0 Å². The van der Waals surface area contributed by atoms with Crippen LogP contribution in [0.1, 0.15) is 44.7 Å². The van der Waals surface area contributed by atoms with Gasteiger partial charge in [-0.1, -0.05) is 36.4 Å². The number of amides is 1. The summed E-state index contributed by atoms with van der Waals surface area (Å²) in [5, 5.41) is 2.97. The Hall–Kier alpha value is -3.07. The van der Waals surface area contributed by atoms with Crippen LogP contribution >= 0.6 is 0 Å². The van der Waals surface area contributed by atoms with Crippen molar-refractivity contribution < 1.29 is 27.5 Å². The molecule has 0 spiro atoms. The first-order valence-electron chi connectivity index (χ1n) is 11.4. The third-order valence-corrected chi connectivity index (χ3v) is 6.00. The Morgan fingerprint density at radius 1 is 1.06 bits per heavy atom. The van der Waals surface area contributed by atoms with Crippen LogP contribution in [0.5, 0.6) is 5.75 Å². The number of nitrogens with one attached hydrogen (secondary N) is 2. The van der Waals surface area contributed by atoms with E-state index in [0.717, 1.165) is 11.8 Å². The molecule has 0 radical (unpaired) electrons. The Morgan fingerprint density at radius 2 is 1.71 bits per heavy atom. The lowest BCUT2D eigenvalue weighted by atomic mass is 9.96. The molecule has 8 nitrogen and oxygen atoms in total. The van der Waals surface area contributed by atoms with E-state index in [1.807, 2.05) is 30.3 Å². The maximum atomic E-state index is 12.9. The van der Waals surface area contributed by atoms with E-state index >= 15 is 0 Å². The molecule has 2 aromatic rings. The van der Waals surface area contributed by atoms with Crippen LogP contribution in [0.3, 0.4) is 0 Å². The number of benzene rings is 2. The Morgan fingerprint density at radius 3 is 2.29 bits per heavy atom. The second-order valence-electron chi connectivity index (χ2n) is 9.70. The normalized spacial score (nSPS) is 13.4. The Kier molecular flexibility index (Phi) is 9.71. The van der Waals surface area contributed by atoms with Crippen molar-refractivity contribution >= 4 is 27.6 Å². The molecule has 2 rings (SSSR count). The van der Waals surface area contributed by atoms with E-state index in [-0.39, 0.29) is 24.4 Å². The molecule has 0 heterocycles. The minimum atomic E-state index is -3.47. The van der Waals surface area contributed by atoms with Crippen LogP contribution in [0.25, 0.3) is 0 Å². The van der Waals surface area contributed by atoms with E-state index in [4.69, 9.17) is 9.47 Å². The highest BCUT2D eigenvalue weighted by Crippen LogP contribution is 2.29. The van der Waals surface area contributed by atoms with Gasteiger partial charge in [-0.2, -0.15) is 0 Å². The summed E-state index contributed by atoms with van der Waals surface area (Å²) in [6, 6.07) is 14.7. The summed E-state index contributed by atoms with van der Waals surface area (Å²) in [4.78, 5) is 25.2. The number of carbonyl (C=O) groups excluding carboxylic acids is 2. The van der Waals surface area contributed by atoms with Crippen LogP contribution in [-0.2, 0) is 30.8 Å². The fourth-order valence-electron chi connectivity index (χ4n) is 3.36. The molecule has 0 saturated heterocycles. The number of anilines is 1. The molecule has 0 aliphatic rings. The summed E-state index contributed by atoms with van der Waals surface area (Å²) in [6.45, 7) is 7.70. The minimum absolute atomic E-state index is 0.101. The largest absolute Gasteiger partial charge is 0.495 e. The van der Waals surface area contributed by atoms with Crippen molar-refractivity contribution in [2.24, 2.45) is 11.3 Å². The first kappa shape index (κ1) is 28.2. The molecule has 0 aliphatic carbocycles. The zero-order valence-corrected chi connectivity index (χ0v) is 22.1. The lowest BCUT2D eigenvalue weighted by molar-refractivity contribution is -0.154. The first-order valence-corrected chi connectivity index (χ1v) is 13.3. The summed E-state index contributed by atoms with van der Waals surface area (Å²) in [5.74, 6) is -0.772. The number of sulfonamides is 1. The second kappa shape index (κ2) is 12.1. The van der Waals surface area contributed by atoms with Gasteiger partial charge in [-0.15, -0.1) is 0 Å². The van der Waals surface area contributed by atoms with E-state index in [9.17, 15) is 18.0 Å². The van der Waals surface area contributed by atoms with Crippen molar-refractivity contribution in [3.05, 3.63) is 59.7 Å². The molecule has 192 valence electrons. The summed E-state index contributed by atoms with van der Waals surface area (Å²) in [6.07, 6.45) is 1.70. The molecule has 2 N–H and O–H groups in total. The highest BCUT2D eigenvalue weighted by atomic mass is 32.2. The molecule has 0 aromatic heterocycles. The second-order valence-corrected chi connectivity index (χ2v) is 11.5. The maximum absolute atomic E-state index is 12.9. The minimum Gasteiger partial charge on any atom is -0.495 e. The monoisotopic (exact) mass is 504 g/mol. The number of esters is 1. The Labute approximate surface area is 208 Å². The van der Waals surface area contributed by atoms with Crippen molar-refractivity contribution in [2.75, 3.05) is 31.2 Å². The van der Waals surface area contributed by atoms with Crippen LogP contribution in [-0.4, -0.2) is 46.8 Å². The van der Waals surface area contributed by atoms with Gasteiger partial charge >= 0.3 is 5.97 Å². The number of hydrogen-bond donors (Lipinski definition) is 2. The predicted octanol–water partition coefficient (Wildman–Crippen LogP) is 3.73. The quantitative estimate of drug-likeness (QED) is 0.451. The number of rotatable bonds is 11. The van der Waals surface area contributed by atoms with E-state index in [1.54, 1.807) is 45.9 Å². The lowest BCUT2D eigenvalue weighted by Gasteiger charge is -2.22. The molecule has 9 heteroatoms. The van der Waals surface area contributed by atoms with Gasteiger partial charge in [-0.05, 0) is 57.4 Å². The predicted molar refractivity (Wildman–Crippen MR) is 137 cm³/mol. The van der Waals surface area contributed by atoms with Crippen molar-refractivity contribution in [2.45, 2.75) is 40.0 Å². The van der Waals surface area contributed by atoms with Gasteiger partial charge in [-0.3, -0.25) is 14.3 Å². The average molecular weight is 505 g/mol. The molecule has 1 amide bonds. The van der Waals surface area contributed by atoms with Gasteiger partial charge in [0.15, 0.2) is 0 Å². The van der Waals surface area contributed by atoms with Crippen LogP contribution in [0.15, 0.2) is 48.5 Å². The van der Waals surface area contributed by atoms with Crippen LogP contribution < -0.4 is 14.8 Å². The number of hydrogen-bond acceptors (Lipinski definition) is 6. The highest BCUT2D eigenvalue weighted by molar-refractivity contribution is 7.92. The SMILES string of the molecule is COc1cc(C(C)C(=O)NCC(COC(=O)C(C)(C)C)Cc2ccccc2)ccc1NS(C)(=O)=O. The molecular formula is C26H36N2O6S. The van der Waals surface area contributed by atoms with Gasteiger partial charge in [0.25, 0.3) is 0 Å². The summed E-state index contributed by atoms with van der Waals surface area (Å²) in [7, 11) is -2.03. The Balaban J connectivity index is 2.09.